The molecule has 0 aliphatic carbocycles. The summed E-state index contributed by atoms with van der Waals surface area (Å²) in [4.78, 5) is 31.3. The van der Waals surface area contributed by atoms with E-state index in [4.69, 9.17) is 20.3 Å². The predicted octanol–water partition coefficient (Wildman–Crippen LogP) is 1.05. The Bertz CT molecular complexity index is 1140. The number of phosphoric acid groups is 1. The van der Waals surface area contributed by atoms with Crippen molar-refractivity contribution < 1.29 is 33.8 Å². The smallest absolute Gasteiger partial charge is 0.387 e. The molecule has 4 rings (SSSR count). The van der Waals surface area contributed by atoms with Gasteiger partial charge in [-0.3, -0.25) is 9.09 Å². The molecule has 4 atom stereocenters. The van der Waals surface area contributed by atoms with E-state index in [2.05, 4.69) is 35.4 Å². The number of hydrogen-bond acceptors (Lipinski definition) is 10. The molecular formula is C16H17BrN5O7PS. The average molecular weight is 534 g/mol. The number of benzene rings is 1. The highest BCUT2D eigenvalue weighted by Crippen LogP contribution is 2.41. The lowest BCUT2D eigenvalue weighted by molar-refractivity contribution is -0.0541. The van der Waals surface area contributed by atoms with Crippen molar-refractivity contribution in [3.05, 3.63) is 35.1 Å². The lowest BCUT2D eigenvalue weighted by atomic mass is 10.1. The van der Waals surface area contributed by atoms with Gasteiger partial charge in [0.2, 0.25) is 0 Å². The highest BCUT2D eigenvalue weighted by molar-refractivity contribution is 9.10. The molecule has 1 aromatic carbocycles. The lowest BCUT2D eigenvalue weighted by Crippen LogP contribution is -2.33. The number of hydrogen-bond donors (Lipinski definition) is 5. The van der Waals surface area contributed by atoms with E-state index >= 15 is 0 Å². The Morgan fingerprint density at radius 1 is 1.23 bits per heavy atom. The summed E-state index contributed by atoms with van der Waals surface area (Å²) in [5.74, 6) is 0.121. The van der Waals surface area contributed by atoms with E-state index in [1.54, 1.807) is 0 Å². The van der Waals surface area contributed by atoms with Crippen LogP contribution in [0, 0.1) is 0 Å². The fourth-order valence-corrected chi connectivity index (χ4v) is 4.58. The first-order chi connectivity index (χ1) is 14.6. The SMILES string of the molecule is Nc1ncnc2c1nc(Sc1ccc(Br)cc1)n2C1O[C@H](COP(=O)(O)O)[C@@H](O)[C@H]1O. The van der Waals surface area contributed by atoms with Gasteiger partial charge in [-0.2, -0.15) is 0 Å². The summed E-state index contributed by atoms with van der Waals surface area (Å²) in [6.45, 7) is -0.627. The van der Waals surface area contributed by atoms with E-state index in [0.29, 0.717) is 5.16 Å². The van der Waals surface area contributed by atoms with Crippen LogP contribution in [-0.4, -0.2) is 64.4 Å². The van der Waals surface area contributed by atoms with Gasteiger partial charge in [-0.1, -0.05) is 27.7 Å². The van der Waals surface area contributed by atoms with Gasteiger partial charge < -0.3 is 30.5 Å². The van der Waals surface area contributed by atoms with Gasteiger partial charge in [0, 0.05) is 9.37 Å². The van der Waals surface area contributed by atoms with Gasteiger partial charge in [0.15, 0.2) is 28.4 Å². The van der Waals surface area contributed by atoms with E-state index in [0.717, 1.165) is 9.37 Å². The first-order valence-corrected chi connectivity index (χ1v) is 11.9. The molecule has 0 spiro atoms. The summed E-state index contributed by atoms with van der Waals surface area (Å²) in [6, 6.07) is 7.41. The van der Waals surface area contributed by atoms with Gasteiger partial charge in [0.05, 0.1) is 6.61 Å². The van der Waals surface area contributed by atoms with E-state index in [-0.39, 0.29) is 17.0 Å². The Labute approximate surface area is 187 Å². The van der Waals surface area contributed by atoms with Crippen molar-refractivity contribution >= 4 is 52.5 Å². The highest BCUT2D eigenvalue weighted by Gasteiger charge is 2.46. The summed E-state index contributed by atoms with van der Waals surface area (Å²) in [6.07, 6.45) is -4.06. The van der Waals surface area contributed by atoms with Crippen molar-refractivity contribution in [3.63, 3.8) is 0 Å². The maximum absolute atomic E-state index is 11.0. The summed E-state index contributed by atoms with van der Waals surface area (Å²) >= 11 is 4.62. The number of anilines is 1. The van der Waals surface area contributed by atoms with Crippen molar-refractivity contribution in [3.8, 4) is 0 Å². The maximum Gasteiger partial charge on any atom is 0.469 e. The third-order valence-electron chi connectivity index (χ3n) is 4.49. The third-order valence-corrected chi connectivity index (χ3v) is 6.49. The Morgan fingerprint density at radius 2 is 1.94 bits per heavy atom. The number of halogens is 1. The standard InChI is InChI=1S/C16H17BrN5O7PS/c17-7-1-3-8(4-2-7)31-16-21-10-13(18)19-6-20-14(10)22(16)15-12(24)11(23)9(29-15)5-28-30(25,26)27/h1-4,6,9,11-12,15,23-24H,5H2,(H2,18,19,20)(H2,25,26,27)/t9-,11-,12-,15?/m1/s1. The number of phosphoric ester groups is 1. The van der Waals surface area contributed by atoms with Crippen molar-refractivity contribution in [2.24, 2.45) is 0 Å². The zero-order chi connectivity index (χ0) is 22.3. The number of aliphatic hydroxyl groups excluding tert-OH is 2. The number of nitrogen functional groups attached to an aromatic ring is 1. The Morgan fingerprint density at radius 3 is 2.61 bits per heavy atom. The summed E-state index contributed by atoms with van der Waals surface area (Å²) in [7, 11) is -4.79. The van der Waals surface area contributed by atoms with Gasteiger partial charge in [-0.25, -0.2) is 19.5 Å². The Kier molecular flexibility index (Phi) is 6.36. The highest BCUT2D eigenvalue weighted by atomic mass is 79.9. The van der Waals surface area contributed by atoms with E-state index in [1.165, 1.54) is 22.7 Å². The average Bonchev–Trinajstić information content (AvgIpc) is 3.20. The fourth-order valence-electron chi connectivity index (χ4n) is 3.07. The molecule has 6 N–H and O–H groups in total. The molecule has 2 aromatic heterocycles. The molecule has 0 amide bonds. The van der Waals surface area contributed by atoms with Crippen LogP contribution in [0.15, 0.2) is 45.1 Å². The number of nitrogens with two attached hydrogens (primary N) is 1. The van der Waals surface area contributed by atoms with Crippen LogP contribution in [0.1, 0.15) is 6.23 Å². The largest absolute Gasteiger partial charge is 0.469 e. The van der Waals surface area contributed by atoms with Crippen LogP contribution >= 0.6 is 35.5 Å². The fraction of sp³-hybridized carbons (Fsp3) is 0.312. The van der Waals surface area contributed by atoms with Gasteiger partial charge in [-0.15, -0.1) is 0 Å². The molecule has 0 radical (unpaired) electrons. The number of imidazole rings is 1. The van der Waals surface area contributed by atoms with E-state index in [9.17, 15) is 14.8 Å². The van der Waals surface area contributed by atoms with Crippen LogP contribution in [0.5, 0.6) is 0 Å². The zero-order valence-corrected chi connectivity index (χ0v) is 18.8. The molecule has 1 fully saturated rings. The molecule has 0 bridgehead atoms. The summed E-state index contributed by atoms with van der Waals surface area (Å²) < 4.78 is 23.5. The van der Waals surface area contributed by atoms with Gasteiger partial charge >= 0.3 is 7.82 Å². The number of ether oxygens (including phenoxy) is 1. The molecule has 31 heavy (non-hydrogen) atoms. The van der Waals surface area contributed by atoms with Crippen LogP contribution in [0.25, 0.3) is 11.2 Å². The number of nitrogens with zero attached hydrogens (tertiary/aromatic N) is 4. The zero-order valence-electron chi connectivity index (χ0n) is 15.5. The van der Waals surface area contributed by atoms with Gasteiger partial charge in [0.1, 0.15) is 24.6 Å². The molecule has 12 nitrogen and oxygen atoms in total. The first-order valence-electron chi connectivity index (χ1n) is 8.77. The van der Waals surface area contributed by atoms with Crippen molar-refractivity contribution in [1.29, 1.82) is 0 Å². The quantitative estimate of drug-likeness (QED) is 0.284. The molecule has 0 saturated carbocycles. The second kappa shape index (κ2) is 8.73. The monoisotopic (exact) mass is 533 g/mol. The van der Waals surface area contributed by atoms with Crippen LogP contribution in [0.3, 0.4) is 0 Å². The van der Waals surface area contributed by atoms with Gasteiger partial charge in [0.25, 0.3) is 0 Å². The van der Waals surface area contributed by atoms with Crippen LogP contribution in [0.2, 0.25) is 0 Å². The molecule has 1 saturated heterocycles. The number of fused-ring (bicyclic) bond motifs is 1. The Hall–Kier alpha value is -1.61. The minimum Gasteiger partial charge on any atom is -0.387 e. The predicted molar refractivity (Wildman–Crippen MR) is 112 cm³/mol. The molecule has 1 aliphatic rings. The molecule has 3 aromatic rings. The van der Waals surface area contributed by atoms with Crippen LogP contribution < -0.4 is 5.73 Å². The number of aliphatic hydroxyl groups is 2. The maximum atomic E-state index is 11.0. The lowest BCUT2D eigenvalue weighted by Gasteiger charge is -2.19. The molecule has 166 valence electrons. The van der Waals surface area contributed by atoms with Crippen LogP contribution in [-0.2, 0) is 13.8 Å². The van der Waals surface area contributed by atoms with Gasteiger partial charge in [-0.05, 0) is 24.3 Å². The second-order valence-corrected chi connectivity index (χ2v) is 9.78. The topological polar surface area (TPSA) is 186 Å². The van der Waals surface area contributed by atoms with Crippen molar-refractivity contribution in [2.45, 2.75) is 34.6 Å². The normalized spacial score (nSPS) is 24.2. The molecule has 3 heterocycles. The Balaban J connectivity index is 1.72. The molecule has 1 aliphatic heterocycles. The summed E-state index contributed by atoms with van der Waals surface area (Å²) in [5.41, 5.74) is 6.48. The minimum atomic E-state index is -4.79. The van der Waals surface area contributed by atoms with Crippen molar-refractivity contribution in [1.82, 2.24) is 19.5 Å². The summed E-state index contributed by atoms with van der Waals surface area (Å²) in [5, 5.41) is 21.3. The van der Waals surface area contributed by atoms with E-state index in [1.807, 2.05) is 24.3 Å². The third kappa shape index (κ3) is 4.77. The molecular weight excluding hydrogens is 517 g/mol. The number of rotatable bonds is 6. The first kappa shape index (κ1) is 22.6. The van der Waals surface area contributed by atoms with Crippen LogP contribution in [0.4, 0.5) is 5.82 Å². The van der Waals surface area contributed by atoms with E-state index < -0.39 is 39.0 Å². The minimum absolute atomic E-state index is 0.121. The number of aromatic nitrogens is 4. The molecule has 1 unspecified atom stereocenters. The molecule has 15 heteroatoms. The van der Waals surface area contributed by atoms with Crippen molar-refractivity contribution in [2.75, 3.05) is 12.3 Å². The second-order valence-electron chi connectivity index (χ2n) is 6.58.